The minimum absolute atomic E-state index is 0. The maximum absolute atomic E-state index is 12.2. The number of benzene rings is 2. The Balaban J connectivity index is 0.00000192. The molecule has 0 spiro atoms. The molecule has 0 bridgehead atoms. The minimum atomic E-state index is 0. The number of ether oxygens (including phenoxy) is 1. The van der Waals surface area contributed by atoms with Gasteiger partial charge in [0.2, 0.25) is 5.91 Å². The number of rotatable bonds is 4. The van der Waals surface area contributed by atoms with Crippen LogP contribution in [-0.2, 0) is 17.6 Å². The highest BCUT2D eigenvalue weighted by molar-refractivity contribution is 5.85. The maximum Gasteiger partial charge on any atom is 0.224 e. The number of methoxy groups -OCH3 is 1. The second-order valence-electron chi connectivity index (χ2n) is 5.61. The first kappa shape index (κ1) is 17.2. The van der Waals surface area contributed by atoms with E-state index in [1.54, 1.807) is 7.11 Å². The fourth-order valence-electron chi connectivity index (χ4n) is 3.03. The molecule has 1 amide bonds. The molecule has 2 aromatic rings. The van der Waals surface area contributed by atoms with E-state index in [-0.39, 0.29) is 24.4 Å². The number of anilines is 1. The van der Waals surface area contributed by atoms with E-state index in [2.05, 4.69) is 11.4 Å². The molecule has 122 valence electrons. The van der Waals surface area contributed by atoms with Gasteiger partial charge in [-0.25, -0.2) is 0 Å². The number of nitrogen functional groups attached to an aromatic ring is 1. The van der Waals surface area contributed by atoms with Crippen LogP contribution in [0.1, 0.15) is 29.2 Å². The maximum atomic E-state index is 12.2. The van der Waals surface area contributed by atoms with Crippen LogP contribution < -0.4 is 15.8 Å². The first-order valence-electron chi connectivity index (χ1n) is 7.47. The van der Waals surface area contributed by atoms with Gasteiger partial charge in [0.1, 0.15) is 5.75 Å². The molecule has 23 heavy (non-hydrogen) atoms. The minimum Gasteiger partial charge on any atom is -0.496 e. The van der Waals surface area contributed by atoms with Crippen molar-refractivity contribution < 1.29 is 9.53 Å². The summed E-state index contributed by atoms with van der Waals surface area (Å²) in [5.41, 5.74) is 9.72. The van der Waals surface area contributed by atoms with E-state index in [0.717, 1.165) is 24.2 Å². The van der Waals surface area contributed by atoms with Gasteiger partial charge < -0.3 is 15.8 Å². The van der Waals surface area contributed by atoms with E-state index in [9.17, 15) is 4.79 Å². The van der Waals surface area contributed by atoms with Crippen LogP contribution in [-0.4, -0.2) is 13.0 Å². The zero-order chi connectivity index (χ0) is 15.5. The smallest absolute Gasteiger partial charge is 0.224 e. The zero-order valence-corrected chi connectivity index (χ0v) is 13.9. The number of halogens is 1. The van der Waals surface area contributed by atoms with Crippen LogP contribution in [0.3, 0.4) is 0 Å². The summed E-state index contributed by atoms with van der Waals surface area (Å²) in [4.78, 5) is 12.2. The van der Waals surface area contributed by atoms with E-state index in [1.807, 2.05) is 36.4 Å². The van der Waals surface area contributed by atoms with Crippen LogP contribution in [0.15, 0.2) is 42.5 Å². The Hall–Kier alpha value is -2.20. The summed E-state index contributed by atoms with van der Waals surface area (Å²) >= 11 is 0. The molecule has 5 heteroatoms. The number of nitrogens with one attached hydrogen (secondary N) is 1. The number of amides is 1. The average Bonchev–Trinajstić information content (AvgIpc) is 2.92. The molecule has 0 saturated carbocycles. The molecule has 4 nitrogen and oxygen atoms in total. The van der Waals surface area contributed by atoms with Crippen molar-refractivity contribution >= 4 is 24.0 Å². The van der Waals surface area contributed by atoms with Crippen LogP contribution in [0.4, 0.5) is 5.69 Å². The Kier molecular flexibility index (Phi) is 5.50. The van der Waals surface area contributed by atoms with Crippen LogP contribution in [0, 0.1) is 0 Å². The normalized spacial score (nSPS) is 15.4. The quantitative estimate of drug-likeness (QED) is 0.846. The van der Waals surface area contributed by atoms with Gasteiger partial charge in [-0.1, -0.05) is 24.3 Å². The molecule has 2 aromatic carbocycles. The van der Waals surface area contributed by atoms with Crippen molar-refractivity contribution in [3.05, 3.63) is 59.2 Å². The lowest BCUT2D eigenvalue weighted by Gasteiger charge is -2.15. The molecule has 1 atom stereocenters. The summed E-state index contributed by atoms with van der Waals surface area (Å²) in [6, 6.07) is 13.5. The SMILES string of the molecule is COc1cccc2c1CCC2NC(=O)Cc1ccc(N)cc1.Cl. The van der Waals surface area contributed by atoms with Crippen molar-refractivity contribution in [2.24, 2.45) is 0 Å². The van der Waals surface area contributed by atoms with Gasteiger partial charge in [-0.15, -0.1) is 12.4 Å². The van der Waals surface area contributed by atoms with E-state index in [1.165, 1.54) is 11.1 Å². The predicted molar refractivity (Wildman–Crippen MR) is 94.0 cm³/mol. The van der Waals surface area contributed by atoms with Crippen molar-refractivity contribution in [3.8, 4) is 5.75 Å². The molecule has 0 aliphatic heterocycles. The van der Waals surface area contributed by atoms with E-state index >= 15 is 0 Å². The van der Waals surface area contributed by atoms with Crippen LogP contribution in [0.5, 0.6) is 5.75 Å². The third-order valence-corrected chi connectivity index (χ3v) is 4.13. The summed E-state index contributed by atoms with van der Waals surface area (Å²) in [5, 5.41) is 3.12. The van der Waals surface area contributed by atoms with Gasteiger partial charge in [0.05, 0.1) is 19.6 Å². The summed E-state index contributed by atoms with van der Waals surface area (Å²) in [6.45, 7) is 0. The topological polar surface area (TPSA) is 64.3 Å². The van der Waals surface area contributed by atoms with Crippen molar-refractivity contribution in [2.75, 3.05) is 12.8 Å². The van der Waals surface area contributed by atoms with Crippen molar-refractivity contribution in [1.82, 2.24) is 5.32 Å². The van der Waals surface area contributed by atoms with Crippen LogP contribution >= 0.6 is 12.4 Å². The molecule has 3 N–H and O–H groups in total. The number of fused-ring (bicyclic) bond motifs is 1. The highest BCUT2D eigenvalue weighted by atomic mass is 35.5. The van der Waals surface area contributed by atoms with Crippen LogP contribution in [0.25, 0.3) is 0 Å². The lowest BCUT2D eigenvalue weighted by Crippen LogP contribution is -2.28. The first-order valence-corrected chi connectivity index (χ1v) is 7.47. The molecule has 1 aliphatic carbocycles. The Bertz CT molecular complexity index is 686. The molecule has 0 heterocycles. The standard InChI is InChI=1S/C18H20N2O2.ClH/c1-22-17-4-2-3-14-15(17)9-10-16(14)20-18(21)11-12-5-7-13(19)8-6-12;/h2-8,16H,9-11,19H2,1H3,(H,20,21);1H. The Morgan fingerprint density at radius 3 is 2.70 bits per heavy atom. The van der Waals surface area contributed by atoms with Gasteiger partial charge in [-0.05, 0) is 47.7 Å². The first-order chi connectivity index (χ1) is 10.7. The molecule has 0 saturated heterocycles. The lowest BCUT2D eigenvalue weighted by molar-refractivity contribution is -0.121. The van der Waals surface area contributed by atoms with Gasteiger partial charge in [-0.2, -0.15) is 0 Å². The van der Waals surface area contributed by atoms with Gasteiger partial charge in [-0.3, -0.25) is 4.79 Å². The molecule has 0 fully saturated rings. The molecule has 0 aromatic heterocycles. The van der Waals surface area contributed by atoms with Crippen LogP contribution in [0.2, 0.25) is 0 Å². The zero-order valence-electron chi connectivity index (χ0n) is 13.0. The third-order valence-electron chi connectivity index (χ3n) is 4.13. The number of hydrogen-bond donors (Lipinski definition) is 2. The highest BCUT2D eigenvalue weighted by Crippen LogP contribution is 2.36. The molecule has 3 rings (SSSR count). The van der Waals surface area contributed by atoms with Gasteiger partial charge >= 0.3 is 0 Å². The summed E-state index contributed by atoms with van der Waals surface area (Å²) in [6.07, 6.45) is 2.23. The number of nitrogens with two attached hydrogens (primary N) is 1. The molecular formula is C18H21ClN2O2. The summed E-state index contributed by atoms with van der Waals surface area (Å²) in [7, 11) is 1.68. The van der Waals surface area contributed by atoms with Gasteiger partial charge in [0.25, 0.3) is 0 Å². The van der Waals surface area contributed by atoms with E-state index < -0.39 is 0 Å². The van der Waals surface area contributed by atoms with E-state index in [4.69, 9.17) is 10.5 Å². The Morgan fingerprint density at radius 1 is 1.26 bits per heavy atom. The summed E-state index contributed by atoms with van der Waals surface area (Å²) < 4.78 is 5.39. The molecule has 1 aliphatic rings. The number of carbonyl (C=O) groups excluding carboxylic acids is 1. The Morgan fingerprint density at radius 2 is 2.00 bits per heavy atom. The third kappa shape index (κ3) is 3.77. The fourth-order valence-corrected chi connectivity index (χ4v) is 3.03. The molecule has 0 radical (unpaired) electrons. The van der Waals surface area contributed by atoms with Crippen molar-refractivity contribution in [1.29, 1.82) is 0 Å². The van der Waals surface area contributed by atoms with E-state index in [0.29, 0.717) is 12.1 Å². The Labute approximate surface area is 142 Å². The van der Waals surface area contributed by atoms with Crippen molar-refractivity contribution in [2.45, 2.75) is 25.3 Å². The molecular weight excluding hydrogens is 312 g/mol. The van der Waals surface area contributed by atoms with Crippen molar-refractivity contribution in [3.63, 3.8) is 0 Å². The number of carbonyl (C=O) groups is 1. The highest BCUT2D eigenvalue weighted by Gasteiger charge is 2.26. The van der Waals surface area contributed by atoms with Gasteiger partial charge in [0, 0.05) is 5.69 Å². The van der Waals surface area contributed by atoms with Gasteiger partial charge in [0.15, 0.2) is 0 Å². The largest absolute Gasteiger partial charge is 0.496 e. The number of hydrogen-bond acceptors (Lipinski definition) is 3. The second-order valence-corrected chi connectivity index (χ2v) is 5.61. The summed E-state index contributed by atoms with van der Waals surface area (Å²) in [5.74, 6) is 0.943. The lowest BCUT2D eigenvalue weighted by atomic mass is 10.1. The average molecular weight is 333 g/mol. The second kappa shape index (κ2) is 7.38. The predicted octanol–water partition coefficient (Wildman–Crippen LogP) is 3.05. The monoisotopic (exact) mass is 332 g/mol. The molecule has 1 unspecified atom stereocenters. The fraction of sp³-hybridized carbons (Fsp3) is 0.278.